The van der Waals surface area contributed by atoms with Crippen molar-refractivity contribution in [2.75, 3.05) is 5.32 Å². The quantitative estimate of drug-likeness (QED) is 0.417. The Labute approximate surface area is 180 Å². The van der Waals surface area contributed by atoms with E-state index in [2.05, 4.69) is 20.0 Å². The Kier molecular flexibility index (Phi) is 5.39. The molecule has 0 aliphatic heterocycles. The van der Waals surface area contributed by atoms with Gasteiger partial charge in [-0.25, -0.2) is 13.4 Å². The number of anilines is 2. The van der Waals surface area contributed by atoms with Gasteiger partial charge in [-0.3, -0.25) is 4.79 Å². The third kappa shape index (κ3) is 4.54. The Morgan fingerprint density at radius 3 is 2.32 bits per heavy atom. The Balaban J connectivity index is 1.78. The summed E-state index contributed by atoms with van der Waals surface area (Å²) in [6, 6.07) is 20.5. The number of nitrogens with zero attached hydrogens (tertiary/aromatic N) is 3. The zero-order valence-electron chi connectivity index (χ0n) is 16.9. The van der Waals surface area contributed by atoms with E-state index in [1.165, 1.54) is 13.0 Å². The van der Waals surface area contributed by atoms with E-state index in [-0.39, 0.29) is 22.3 Å². The first kappa shape index (κ1) is 20.5. The molecule has 0 amide bonds. The lowest BCUT2D eigenvalue weighted by Crippen LogP contribution is -2.03. The van der Waals surface area contributed by atoms with Gasteiger partial charge in [0.15, 0.2) is 5.78 Å². The molecule has 31 heavy (non-hydrogen) atoms. The lowest BCUT2D eigenvalue weighted by Gasteiger charge is -2.21. The number of nitrogens with one attached hydrogen (secondary N) is 1. The number of rotatable bonds is 6. The van der Waals surface area contributed by atoms with Gasteiger partial charge in [0, 0.05) is 11.3 Å². The number of sulfonamides is 1. The van der Waals surface area contributed by atoms with E-state index in [1.807, 2.05) is 19.1 Å². The number of hydrogen-bond donors (Lipinski definition) is 1. The monoisotopic (exact) mass is 431 g/mol. The highest BCUT2D eigenvalue weighted by molar-refractivity contribution is 7.94. The summed E-state index contributed by atoms with van der Waals surface area (Å²) < 4.78 is 29.8. The number of Topliss-reactive ketones (excluding diaryl/α,β-unsaturated/α-hetero) is 1. The van der Waals surface area contributed by atoms with Crippen LogP contribution in [0.2, 0.25) is 0 Å². The number of ketones is 1. The highest BCUT2D eigenvalue weighted by atomic mass is 32.2. The van der Waals surface area contributed by atoms with Gasteiger partial charge in [0.25, 0.3) is 0 Å². The molecule has 0 spiro atoms. The summed E-state index contributed by atoms with van der Waals surface area (Å²) in [4.78, 5) is 20.7. The maximum absolute atomic E-state index is 12.9. The largest absolute Gasteiger partial charge is 0.431 e. The van der Waals surface area contributed by atoms with Crippen molar-refractivity contribution in [2.24, 2.45) is 0 Å². The molecule has 0 fully saturated rings. The van der Waals surface area contributed by atoms with Crippen LogP contribution >= 0.6 is 0 Å². The van der Waals surface area contributed by atoms with Crippen molar-refractivity contribution >= 4 is 44.2 Å². The molecule has 0 atom stereocenters. The molecule has 0 radical (unpaired) electrons. The summed E-state index contributed by atoms with van der Waals surface area (Å²) in [7, 11) is -4.01. The number of para-hydroxylation sites is 2. The summed E-state index contributed by atoms with van der Waals surface area (Å²) in [6.07, 6.45) is 0. The van der Waals surface area contributed by atoms with Crippen LogP contribution in [0, 0.1) is 6.92 Å². The molecule has 4 rings (SSSR count). The molecule has 1 N–H and O–H groups in total. The summed E-state index contributed by atoms with van der Waals surface area (Å²) in [5, 5.41) is 3.06. The zero-order valence-corrected chi connectivity index (χ0v) is 17.7. The third-order valence-corrected chi connectivity index (χ3v) is 5.84. The van der Waals surface area contributed by atoms with Crippen molar-refractivity contribution in [3.8, 4) is 0 Å². The van der Waals surface area contributed by atoms with Crippen LogP contribution in [-0.2, 0) is 10.0 Å². The number of hydrogen-bond acceptors (Lipinski definition) is 6. The number of aryl methyl sites for hydroxylation is 1. The molecule has 3 aromatic carbocycles. The van der Waals surface area contributed by atoms with Gasteiger partial charge >= 0.3 is 0 Å². The fraction of sp³-hybridized carbons (Fsp3) is 0.0870. The third-order valence-electron chi connectivity index (χ3n) is 4.58. The van der Waals surface area contributed by atoms with Crippen molar-refractivity contribution in [3.05, 3.63) is 88.6 Å². The molecule has 0 unspecified atom stereocenters. The lowest BCUT2D eigenvalue weighted by molar-refractivity contribution is 0.101. The van der Waals surface area contributed by atoms with Crippen molar-refractivity contribution < 1.29 is 13.2 Å². The van der Waals surface area contributed by atoms with Gasteiger partial charge < -0.3 is 15.0 Å². The average Bonchev–Trinajstić information content (AvgIpc) is 2.74. The maximum Gasteiger partial charge on any atom is 0.202 e. The predicted molar refractivity (Wildman–Crippen MR) is 121 cm³/mol. The maximum atomic E-state index is 12.9. The minimum atomic E-state index is -4.01. The van der Waals surface area contributed by atoms with Gasteiger partial charge in [-0.2, -0.15) is 0 Å². The van der Waals surface area contributed by atoms with Gasteiger partial charge in [0.05, 0.1) is 10.4 Å². The van der Waals surface area contributed by atoms with E-state index in [0.717, 1.165) is 5.56 Å². The Bertz CT molecular complexity index is 1400. The Morgan fingerprint density at radius 2 is 1.61 bits per heavy atom. The van der Waals surface area contributed by atoms with Crippen LogP contribution in [-0.4, -0.2) is 24.2 Å². The number of aromatic nitrogens is 2. The van der Waals surface area contributed by atoms with Gasteiger partial charge in [-0.05, 0) is 61.1 Å². The first-order valence-electron chi connectivity index (χ1n) is 9.51. The SMILES string of the molecule is CC(=O)c1cccc(Nc2nc3ccccc3nc2[N-]S(=O)(=O)c2cccc(C)c2)c1. The highest BCUT2D eigenvalue weighted by Gasteiger charge is 2.13. The predicted octanol–water partition coefficient (Wildman–Crippen LogP) is 5.28. The molecule has 0 aliphatic carbocycles. The van der Waals surface area contributed by atoms with E-state index in [0.29, 0.717) is 22.3 Å². The molecule has 1 aromatic heterocycles. The fourth-order valence-corrected chi connectivity index (χ4v) is 4.08. The molecule has 4 aromatic rings. The molecule has 156 valence electrons. The van der Waals surface area contributed by atoms with Crippen molar-refractivity contribution in [1.82, 2.24) is 9.97 Å². The lowest BCUT2D eigenvalue weighted by atomic mass is 10.1. The van der Waals surface area contributed by atoms with Crippen LogP contribution in [0.5, 0.6) is 0 Å². The van der Waals surface area contributed by atoms with Gasteiger partial charge in [-0.15, -0.1) is 0 Å². The first-order valence-corrected chi connectivity index (χ1v) is 11.0. The Hall–Kier alpha value is -3.78. The topological polar surface area (TPSA) is 103 Å². The summed E-state index contributed by atoms with van der Waals surface area (Å²) in [5.74, 6) is 0.0317. The summed E-state index contributed by atoms with van der Waals surface area (Å²) in [5.41, 5.74) is 3.00. The zero-order chi connectivity index (χ0) is 22.0. The van der Waals surface area contributed by atoms with Gasteiger partial charge in [0.1, 0.15) is 5.82 Å². The van der Waals surface area contributed by atoms with E-state index < -0.39 is 10.0 Å². The number of fused-ring (bicyclic) bond motifs is 1. The molecule has 0 saturated heterocycles. The number of carbonyl (C=O) groups excluding carboxylic acids is 1. The molecular formula is C23H19N4O3S-. The highest BCUT2D eigenvalue weighted by Crippen LogP contribution is 2.34. The van der Waals surface area contributed by atoms with E-state index in [9.17, 15) is 13.2 Å². The molecule has 0 saturated carbocycles. The molecule has 0 aliphatic rings. The minimum absolute atomic E-state index is 0.0616. The van der Waals surface area contributed by atoms with Crippen LogP contribution in [0.25, 0.3) is 15.8 Å². The number of carbonyl (C=O) groups is 1. The first-order chi connectivity index (χ1) is 14.8. The number of benzene rings is 3. The average molecular weight is 431 g/mol. The van der Waals surface area contributed by atoms with Crippen LogP contribution in [0.3, 0.4) is 0 Å². The second-order valence-electron chi connectivity index (χ2n) is 7.03. The summed E-state index contributed by atoms with van der Waals surface area (Å²) in [6.45, 7) is 3.29. The van der Waals surface area contributed by atoms with Crippen molar-refractivity contribution in [3.63, 3.8) is 0 Å². The van der Waals surface area contributed by atoms with Gasteiger partial charge in [-0.1, -0.05) is 42.5 Å². The molecule has 1 heterocycles. The second kappa shape index (κ2) is 8.16. The normalized spacial score (nSPS) is 11.3. The van der Waals surface area contributed by atoms with Crippen molar-refractivity contribution in [2.45, 2.75) is 18.7 Å². The molecule has 7 nitrogen and oxygen atoms in total. The van der Waals surface area contributed by atoms with Crippen molar-refractivity contribution in [1.29, 1.82) is 0 Å². The van der Waals surface area contributed by atoms with E-state index in [1.54, 1.807) is 54.6 Å². The van der Waals surface area contributed by atoms with Crippen LogP contribution in [0.15, 0.2) is 77.7 Å². The fourth-order valence-electron chi connectivity index (χ4n) is 3.03. The standard InChI is InChI=1S/C23H19N4O3S/c1-15-7-5-10-19(13-15)31(29,30)27-23-22(25-20-11-3-4-12-21(20)26-23)24-18-9-6-8-17(14-18)16(2)28/h3-14H,1-2H3,(H-,24,25,26,27)/q-1. The molecule has 8 heteroatoms. The van der Waals surface area contributed by atoms with E-state index in [4.69, 9.17) is 0 Å². The van der Waals surface area contributed by atoms with Crippen LogP contribution in [0.4, 0.5) is 17.3 Å². The van der Waals surface area contributed by atoms with E-state index >= 15 is 0 Å². The summed E-state index contributed by atoms with van der Waals surface area (Å²) >= 11 is 0. The second-order valence-corrected chi connectivity index (χ2v) is 8.63. The molecular weight excluding hydrogens is 412 g/mol. The van der Waals surface area contributed by atoms with Crippen LogP contribution in [0.1, 0.15) is 22.8 Å². The minimum Gasteiger partial charge on any atom is -0.431 e. The molecule has 0 bridgehead atoms. The smallest absolute Gasteiger partial charge is 0.202 e. The van der Waals surface area contributed by atoms with Gasteiger partial charge in [0.2, 0.25) is 10.0 Å². The Morgan fingerprint density at radius 1 is 0.903 bits per heavy atom. The van der Waals surface area contributed by atoms with Crippen LogP contribution < -0.4 is 5.32 Å².